The molecule has 3 nitrogen and oxygen atoms in total. The highest BCUT2D eigenvalue weighted by Gasteiger charge is 2.13. The lowest BCUT2D eigenvalue weighted by atomic mass is 10.0. The van der Waals surface area contributed by atoms with Crippen LogP contribution in [0.5, 0.6) is 0 Å². The fourth-order valence-corrected chi connectivity index (χ4v) is 1.94. The SMILES string of the molecule is CC(=O)OC1/C=C/C(OI)CCCC1. The molecule has 80 valence electrons. The van der Waals surface area contributed by atoms with E-state index in [2.05, 4.69) is 0 Å². The molecule has 0 N–H and O–H groups in total. The van der Waals surface area contributed by atoms with E-state index in [1.807, 2.05) is 35.2 Å². The van der Waals surface area contributed by atoms with Crippen LogP contribution in [0.3, 0.4) is 0 Å². The van der Waals surface area contributed by atoms with Gasteiger partial charge in [-0.3, -0.25) is 4.79 Å². The molecule has 0 saturated carbocycles. The van der Waals surface area contributed by atoms with Crippen molar-refractivity contribution in [3.05, 3.63) is 12.2 Å². The Morgan fingerprint density at radius 1 is 1.29 bits per heavy atom. The molecule has 0 saturated heterocycles. The van der Waals surface area contributed by atoms with Crippen LogP contribution in [0.25, 0.3) is 0 Å². The van der Waals surface area contributed by atoms with Crippen molar-refractivity contribution in [2.24, 2.45) is 0 Å². The number of hydrogen-bond donors (Lipinski definition) is 0. The van der Waals surface area contributed by atoms with E-state index >= 15 is 0 Å². The maximum Gasteiger partial charge on any atom is 0.303 e. The molecule has 0 heterocycles. The third-order valence-corrected chi connectivity index (χ3v) is 2.85. The van der Waals surface area contributed by atoms with E-state index < -0.39 is 0 Å². The summed E-state index contributed by atoms with van der Waals surface area (Å²) < 4.78 is 10.4. The highest BCUT2D eigenvalue weighted by atomic mass is 127. The molecule has 0 bridgehead atoms. The van der Waals surface area contributed by atoms with Gasteiger partial charge in [-0.15, -0.1) is 0 Å². The van der Waals surface area contributed by atoms with Crippen LogP contribution in [-0.4, -0.2) is 18.2 Å². The summed E-state index contributed by atoms with van der Waals surface area (Å²) in [4.78, 5) is 10.8. The summed E-state index contributed by atoms with van der Waals surface area (Å²) in [6.07, 6.45) is 8.18. The second kappa shape index (κ2) is 6.40. The Morgan fingerprint density at radius 3 is 2.43 bits per heavy atom. The summed E-state index contributed by atoms with van der Waals surface area (Å²) in [5.41, 5.74) is 0. The number of carbonyl (C=O) groups excluding carboxylic acids is 1. The van der Waals surface area contributed by atoms with Gasteiger partial charge in [0.05, 0.1) is 6.10 Å². The van der Waals surface area contributed by atoms with Crippen molar-refractivity contribution < 1.29 is 12.6 Å². The molecule has 1 aliphatic rings. The largest absolute Gasteiger partial charge is 0.458 e. The predicted molar refractivity (Wildman–Crippen MR) is 62.1 cm³/mol. The zero-order chi connectivity index (χ0) is 10.4. The Kier molecular flexibility index (Phi) is 5.47. The van der Waals surface area contributed by atoms with E-state index in [0.29, 0.717) is 0 Å². The minimum atomic E-state index is -0.216. The molecule has 1 aliphatic carbocycles. The monoisotopic (exact) mass is 310 g/mol. The summed E-state index contributed by atoms with van der Waals surface area (Å²) >= 11 is 1.91. The van der Waals surface area contributed by atoms with Crippen LogP contribution in [0.15, 0.2) is 12.2 Å². The van der Waals surface area contributed by atoms with Crippen LogP contribution in [0.4, 0.5) is 0 Å². The average Bonchev–Trinajstić information content (AvgIpc) is 2.10. The number of ether oxygens (including phenoxy) is 1. The van der Waals surface area contributed by atoms with Gasteiger partial charge in [-0.2, -0.15) is 0 Å². The standard InChI is InChI=1S/C10H15IO3/c1-8(12)13-9-4-2-3-5-10(14-11)7-6-9/h6-7,9-10H,2-5H2,1H3/b7-6+. The summed E-state index contributed by atoms with van der Waals surface area (Å²) in [5, 5.41) is 0. The van der Waals surface area contributed by atoms with Gasteiger partial charge in [0.15, 0.2) is 0 Å². The van der Waals surface area contributed by atoms with Gasteiger partial charge in [0.2, 0.25) is 0 Å². The normalized spacial score (nSPS) is 30.1. The van der Waals surface area contributed by atoms with Gasteiger partial charge >= 0.3 is 5.97 Å². The first-order chi connectivity index (χ1) is 6.72. The molecule has 0 spiro atoms. The van der Waals surface area contributed by atoms with Crippen molar-refractivity contribution in [3.8, 4) is 0 Å². The molecule has 0 aliphatic heterocycles. The first-order valence-corrected chi connectivity index (χ1v) is 5.73. The van der Waals surface area contributed by atoms with E-state index in [4.69, 9.17) is 7.80 Å². The quantitative estimate of drug-likeness (QED) is 0.447. The Hall–Kier alpha value is -0.100. The van der Waals surface area contributed by atoms with Crippen LogP contribution in [-0.2, 0) is 12.6 Å². The lowest BCUT2D eigenvalue weighted by Gasteiger charge is -2.18. The number of halogens is 1. The number of rotatable bonds is 2. The van der Waals surface area contributed by atoms with Gasteiger partial charge in [0.1, 0.15) is 29.1 Å². The first-order valence-electron chi connectivity index (χ1n) is 4.85. The average molecular weight is 310 g/mol. The van der Waals surface area contributed by atoms with Gasteiger partial charge in [0, 0.05) is 6.92 Å². The summed E-state index contributed by atoms with van der Waals surface area (Å²) in [7, 11) is 0. The minimum Gasteiger partial charge on any atom is -0.458 e. The minimum absolute atomic E-state index is 0.0677. The summed E-state index contributed by atoms with van der Waals surface area (Å²) in [6.45, 7) is 1.44. The molecule has 14 heavy (non-hydrogen) atoms. The summed E-state index contributed by atoms with van der Waals surface area (Å²) in [6, 6.07) is 0. The predicted octanol–water partition coefficient (Wildman–Crippen LogP) is 2.78. The van der Waals surface area contributed by atoms with Crippen molar-refractivity contribution in [2.45, 2.75) is 44.8 Å². The van der Waals surface area contributed by atoms with Crippen LogP contribution >= 0.6 is 23.0 Å². The van der Waals surface area contributed by atoms with Crippen molar-refractivity contribution in [3.63, 3.8) is 0 Å². The molecule has 2 atom stereocenters. The maximum absolute atomic E-state index is 10.8. The van der Waals surface area contributed by atoms with Gasteiger partial charge in [-0.1, -0.05) is 12.5 Å². The molecule has 0 radical (unpaired) electrons. The van der Waals surface area contributed by atoms with Gasteiger partial charge in [-0.25, -0.2) is 0 Å². The number of hydrogen-bond acceptors (Lipinski definition) is 3. The third-order valence-electron chi connectivity index (χ3n) is 2.20. The molecule has 1 rings (SSSR count). The zero-order valence-electron chi connectivity index (χ0n) is 8.24. The second-order valence-corrected chi connectivity index (χ2v) is 3.95. The Morgan fingerprint density at radius 2 is 1.86 bits per heavy atom. The number of carbonyl (C=O) groups is 1. The molecule has 0 aromatic carbocycles. The van der Waals surface area contributed by atoms with Gasteiger partial charge in [0.25, 0.3) is 0 Å². The first kappa shape index (κ1) is 12.0. The number of esters is 1. The van der Waals surface area contributed by atoms with Crippen molar-refractivity contribution in [2.75, 3.05) is 0 Å². The topological polar surface area (TPSA) is 35.5 Å². The highest BCUT2D eigenvalue weighted by molar-refractivity contribution is 14.1. The highest BCUT2D eigenvalue weighted by Crippen LogP contribution is 2.18. The Balaban J connectivity index is 2.50. The van der Waals surface area contributed by atoms with Crippen molar-refractivity contribution >= 4 is 29.0 Å². The Bertz CT molecular complexity index is 215. The van der Waals surface area contributed by atoms with E-state index in [9.17, 15) is 4.79 Å². The summed E-state index contributed by atoms with van der Waals surface area (Å²) in [5.74, 6) is -0.216. The molecular formula is C10H15IO3. The molecule has 0 fully saturated rings. The van der Waals surface area contributed by atoms with E-state index in [-0.39, 0.29) is 18.2 Å². The lowest BCUT2D eigenvalue weighted by molar-refractivity contribution is -0.144. The van der Waals surface area contributed by atoms with E-state index in [1.54, 1.807) is 0 Å². The molecule has 0 aromatic rings. The molecular weight excluding hydrogens is 295 g/mol. The van der Waals surface area contributed by atoms with Crippen molar-refractivity contribution in [1.29, 1.82) is 0 Å². The van der Waals surface area contributed by atoms with E-state index in [0.717, 1.165) is 25.7 Å². The maximum atomic E-state index is 10.8. The molecule has 0 amide bonds. The third kappa shape index (κ3) is 4.41. The van der Waals surface area contributed by atoms with Crippen LogP contribution in [0.1, 0.15) is 32.6 Å². The Labute approximate surface area is 98.5 Å². The lowest BCUT2D eigenvalue weighted by Crippen LogP contribution is -2.17. The molecule has 0 aromatic heterocycles. The fourth-order valence-electron chi connectivity index (χ4n) is 1.52. The van der Waals surface area contributed by atoms with Gasteiger partial charge in [-0.05, 0) is 25.3 Å². The fraction of sp³-hybridized carbons (Fsp3) is 0.700. The molecule has 2 unspecified atom stereocenters. The molecule has 4 heteroatoms. The van der Waals surface area contributed by atoms with Crippen molar-refractivity contribution in [1.82, 2.24) is 0 Å². The van der Waals surface area contributed by atoms with Crippen LogP contribution in [0.2, 0.25) is 0 Å². The second-order valence-electron chi connectivity index (χ2n) is 3.44. The van der Waals surface area contributed by atoms with Gasteiger partial charge < -0.3 is 7.80 Å². The van der Waals surface area contributed by atoms with Crippen LogP contribution in [0, 0.1) is 0 Å². The zero-order valence-corrected chi connectivity index (χ0v) is 10.4. The van der Waals surface area contributed by atoms with Crippen LogP contribution < -0.4 is 0 Å². The smallest absolute Gasteiger partial charge is 0.303 e. The van der Waals surface area contributed by atoms with E-state index in [1.165, 1.54) is 6.92 Å².